The molecule has 110 valence electrons. The number of carbonyl (C=O) groups excluding carboxylic acids is 1. The zero-order valence-corrected chi connectivity index (χ0v) is 12.4. The second-order valence-electron chi connectivity index (χ2n) is 5.42. The number of ketones is 1. The van der Waals surface area contributed by atoms with Gasteiger partial charge in [0.1, 0.15) is 12.4 Å². The minimum absolute atomic E-state index is 0.0560. The highest BCUT2D eigenvalue weighted by Crippen LogP contribution is 2.33. The van der Waals surface area contributed by atoms with Crippen LogP contribution in [0.25, 0.3) is 0 Å². The lowest BCUT2D eigenvalue weighted by Crippen LogP contribution is -2.34. The molecule has 0 aliphatic heterocycles. The van der Waals surface area contributed by atoms with Gasteiger partial charge in [-0.05, 0) is 25.0 Å². The van der Waals surface area contributed by atoms with Crippen LogP contribution in [0.5, 0.6) is 5.75 Å². The number of hydrogen-bond donors (Lipinski definition) is 1. The summed E-state index contributed by atoms with van der Waals surface area (Å²) >= 11 is 5.61. The van der Waals surface area contributed by atoms with Crippen molar-refractivity contribution in [2.24, 2.45) is 0 Å². The molecule has 1 saturated carbocycles. The van der Waals surface area contributed by atoms with E-state index in [0.717, 1.165) is 19.3 Å². The summed E-state index contributed by atoms with van der Waals surface area (Å²) in [5.41, 5.74) is -0.300. The molecule has 1 aromatic rings. The van der Waals surface area contributed by atoms with E-state index in [1.807, 2.05) is 12.1 Å². The molecule has 3 nitrogen and oxygen atoms in total. The molecule has 2 rings (SSSR count). The van der Waals surface area contributed by atoms with Crippen LogP contribution in [0.1, 0.15) is 48.9 Å². The summed E-state index contributed by atoms with van der Waals surface area (Å²) < 4.78 is 5.50. The highest BCUT2D eigenvalue weighted by Gasteiger charge is 2.32. The summed E-state index contributed by atoms with van der Waals surface area (Å²) in [5, 5.41) is 10.5. The van der Waals surface area contributed by atoms with E-state index in [9.17, 15) is 9.90 Å². The molecule has 1 N–H and O–H groups in total. The van der Waals surface area contributed by atoms with E-state index in [1.165, 1.54) is 0 Å². The van der Waals surface area contributed by atoms with Crippen molar-refractivity contribution >= 4 is 17.4 Å². The van der Waals surface area contributed by atoms with Gasteiger partial charge in [0, 0.05) is 6.42 Å². The second kappa shape index (κ2) is 7.09. The fourth-order valence-electron chi connectivity index (χ4n) is 2.75. The molecule has 0 aromatic heterocycles. The van der Waals surface area contributed by atoms with Crippen molar-refractivity contribution in [2.45, 2.75) is 44.1 Å². The molecule has 0 bridgehead atoms. The Balaban J connectivity index is 2.08. The molecule has 1 aliphatic rings. The Morgan fingerprint density at radius 1 is 1.25 bits per heavy atom. The molecule has 0 saturated heterocycles. The number of alkyl halides is 1. The van der Waals surface area contributed by atoms with Crippen molar-refractivity contribution in [3.63, 3.8) is 0 Å². The molecule has 0 atom stereocenters. The molecule has 0 radical (unpaired) electrons. The average molecular weight is 297 g/mol. The maximum Gasteiger partial charge on any atom is 0.169 e. The van der Waals surface area contributed by atoms with Crippen molar-refractivity contribution in [2.75, 3.05) is 12.5 Å². The van der Waals surface area contributed by atoms with E-state index in [4.69, 9.17) is 16.3 Å². The molecule has 1 aliphatic carbocycles. The SMILES string of the molecule is O=C(CC1(O)CCCCC1)c1ccccc1OCCCl. The minimum atomic E-state index is -0.838. The number of benzene rings is 1. The predicted octanol–water partition coefficient (Wildman–Crippen LogP) is 3.57. The molecular weight excluding hydrogens is 276 g/mol. The normalized spacial score (nSPS) is 17.7. The summed E-state index contributed by atoms with van der Waals surface area (Å²) in [5.74, 6) is 0.879. The maximum absolute atomic E-state index is 12.4. The zero-order chi connectivity index (χ0) is 14.4. The minimum Gasteiger partial charge on any atom is -0.492 e. The van der Waals surface area contributed by atoms with Gasteiger partial charge >= 0.3 is 0 Å². The highest BCUT2D eigenvalue weighted by molar-refractivity contribution is 6.18. The standard InChI is InChI=1S/C16H21ClO3/c17-10-11-20-15-7-3-2-6-13(15)14(18)12-16(19)8-4-1-5-9-16/h2-3,6-7,19H,1,4-5,8-12H2. The van der Waals surface area contributed by atoms with Crippen molar-refractivity contribution in [1.29, 1.82) is 0 Å². The molecule has 1 aromatic carbocycles. The summed E-state index contributed by atoms with van der Waals surface area (Å²) in [4.78, 5) is 12.4. The van der Waals surface area contributed by atoms with Crippen molar-refractivity contribution < 1.29 is 14.6 Å². The Labute approximate surface area is 124 Å². The van der Waals surface area contributed by atoms with E-state index in [-0.39, 0.29) is 12.2 Å². The highest BCUT2D eigenvalue weighted by atomic mass is 35.5. The molecular formula is C16H21ClO3. The fourth-order valence-corrected chi connectivity index (χ4v) is 2.83. The van der Waals surface area contributed by atoms with Gasteiger partial charge in [0.25, 0.3) is 0 Å². The number of rotatable bonds is 6. The number of ether oxygens (including phenoxy) is 1. The van der Waals surface area contributed by atoms with Crippen LogP contribution in [0.3, 0.4) is 0 Å². The number of aliphatic hydroxyl groups is 1. The maximum atomic E-state index is 12.4. The smallest absolute Gasteiger partial charge is 0.169 e. The number of Topliss-reactive ketones (excluding diaryl/α,β-unsaturated/α-hetero) is 1. The summed E-state index contributed by atoms with van der Waals surface area (Å²) in [7, 11) is 0. The van der Waals surface area contributed by atoms with E-state index in [1.54, 1.807) is 12.1 Å². The number of carbonyl (C=O) groups is 1. The lowest BCUT2D eigenvalue weighted by Gasteiger charge is -2.31. The Morgan fingerprint density at radius 3 is 2.65 bits per heavy atom. The average Bonchev–Trinajstić information content (AvgIpc) is 2.45. The Morgan fingerprint density at radius 2 is 1.95 bits per heavy atom. The molecule has 0 spiro atoms. The van der Waals surface area contributed by atoms with Crippen LogP contribution in [0.15, 0.2) is 24.3 Å². The number of hydrogen-bond acceptors (Lipinski definition) is 3. The van der Waals surface area contributed by atoms with Crippen LogP contribution in [-0.4, -0.2) is 29.0 Å². The number of para-hydroxylation sites is 1. The van der Waals surface area contributed by atoms with Gasteiger partial charge in [-0.2, -0.15) is 0 Å². The summed E-state index contributed by atoms with van der Waals surface area (Å²) in [6, 6.07) is 7.16. The molecule has 0 unspecified atom stereocenters. The quantitative estimate of drug-likeness (QED) is 0.645. The van der Waals surface area contributed by atoms with Gasteiger partial charge in [0.15, 0.2) is 5.78 Å². The van der Waals surface area contributed by atoms with Gasteiger partial charge in [0.05, 0.1) is 17.0 Å². The molecule has 20 heavy (non-hydrogen) atoms. The van der Waals surface area contributed by atoms with Gasteiger partial charge in [0.2, 0.25) is 0 Å². The first-order chi connectivity index (χ1) is 9.64. The van der Waals surface area contributed by atoms with Crippen LogP contribution in [0, 0.1) is 0 Å². The Hall–Kier alpha value is -1.06. The fraction of sp³-hybridized carbons (Fsp3) is 0.562. The van der Waals surface area contributed by atoms with Gasteiger partial charge in [-0.3, -0.25) is 4.79 Å². The van der Waals surface area contributed by atoms with E-state index in [0.29, 0.717) is 36.6 Å². The Kier molecular flexibility index (Phi) is 5.44. The van der Waals surface area contributed by atoms with E-state index < -0.39 is 5.60 Å². The Bertz CT molecular complexity index is 453. The molecule has 0 amide bonds. The summed E-state index contributed by atoms with van der Waals surface area (Å²) in [6.07, 6.45) is 4.73. The van der Waals surface area contributed by atoms with Crippen LogP contribution < -0.4 is 4.74 Å². The predicted molar refractivity (Wildman–Crippen MR) is 79.6 cm³/mol. The number of halogens is 1. The van der Waals surface area contributed by atoms with Crippen LogP contribution in [0.4, 0.5) is 0 Å². The molecule has 4 heteroatoms. The van der Waals surface area contributed by atoms with Gasteiger partial charge in [-0.15, -0.1) is 11.6 Å². The molecule has 1 fully saturated rings. The first-order valence-corrected chi connectivity index (χ1v) is 7.71. The van der Waals surface area contributed by atoms with E-state index in [2.05, 4.69) is 0 Å². The first kappa shape index (κ1) is 15.3. The monoisotopic (exact) mass is 296 g/mol. The van der Waals surface area contributed by atoms with Crippen molar-refractivity contribution in [3.8, 4) is 5.75 Å². The van der Waals surface area contributed by atoms with Crippen LogP contribution in [0.2, 0.25) is 0 Å². The van der Waals surface area contributed by atoms with Crippen LogP contribution in [-0.2, 0) is 0 Å². The van der Waals surface area contributed by atoms with Gasteiger partial charge < -0.3 is 9.84 Å². The zero-order valence-electron chi connectivity index (χ0n) is 11.6. The first-order valence-electron chi connectivity index (χ1n) is 7.18. The van der Waals surface area contributed by atoms with Crippen molar-refractivity contribution in [1.82, 2.24) is 0 Å². The lowest BCUT2D eigenvalue weighted by molar-refractivity contribution is 0.000272. The van der Waals surface area contributed by atoms with Crippen LogP contribution >= 0.6 is 11.6 Å². The second-order valence-corrected chi connectivity index (χ2v) is 5.80. The molecule has 0 heterocycles. The third-order valence-corrected chi connectivity index (χ3v) is 3.95. The van der Waals surface area contributed by atoms with E-state index >= 15 is 0 Å². The third kappa shape index (κ3) is 3.97. The summed E-state index contributed by atoms with van der Waals surface area (Å²) in [6.45, 7) is 0.371. The largest absolute Gasteiger partial charge is 0.492 e. The van der Waals surface area contributed by atoms with Crippen molar-refractivity contribution in [3.05, 3.63) is 29.8 Å². The third-order valence-electron chi connectivity index (χ3n) is 3.80. The van der Waals surface area contributed by atoms with Gasteiger partial charge in [-0.25, -0.2) is 0 Å². The topological polar surface area (TPSA) is 46.5 Å². The van der Waals surface area contributed by atoms with Gasteiger partial charge in [-0.1, -0.05) is 31.4 Å². The lowest BCUT2D eigenvalue weighted by atomic mass is 9.80.